The van der Waals surface area contributed by atoms with E-state index >= 15 is 0 Å². The highest BCUT2D eigenvalue weighted by Crippen LogP contribution is 2.32. The summed E-state index contributed by atoms with van der Waals surface area (Å²) < 4.78 is 0. The number of hydrogen-bond donors (Lipinski definition) is 3. The summed E-state index contributed by atoms with van der Waals surface area (Å²) in [5, 5.41) is 14.6. The minimum absolute atomic E-state index is 0.0703. The van der Waals surface area contributed by atoms with Crippen LogP contribution in [0.15, 0.2) is 0 Å². The zero-order valence-electron chi connectivity index (χ0n) is 9.99. The Bertz CT molecular complexity index is 274. The first kappa shape index (κ1) is 13.0. The molecular formula is C11H20N2O3. The van der Waals surface area contributed by atoms with E-state index in [4.69, 9.17) is 5.11 Å². The standard InChI is InChI=1S/C11H20N2O3/c1-6(2)12-10(14)7(3)13-9(11(15)16)8-4-5-8/h6-9,13H,4-5H2,1-3H3,(H,12,14)(H,15,16). The normalized spacial score (nSPS) is 19.2. The van der Waals surface area contributed by atoms with Crippen molar-refractivity contribution in [2.75, 3.05) is 0 Å². The lowest BCUT2D eigenvalue weighted by Gasteiger charge is -2.20. The van der Waals surface area contributed by atoms with Crippen molar-refractivity contribution in [3.63, 3.8) is 0 Å². The highest BCUT2D eigenvalue weighted by atomic mass is 16.4. The predicted molar refractivity (Wildman–Crippen MR) is 60.0 cm³/mol. The summed E-state index contributed by atoms with van der Waals surface area (Å²) in [6.45, 7) is 5.44. The Kier molecular flexibility index (Phi) is 4.29. The van der Waals surface area contributed by atoms with Gasteiger partial charge in [-0.25, -0.2) is 0 Å². The molecule has 0 heterocycles. The smallest absolute Gasteiger partial charge is 0.321 e. The number of carbonyl (C=O) groups excluding carboxylic acids is 1. The summed E-state index contributed by atoms with van der Waals surface area (Å²) in [6, 6.07) is -0.988. The van der Waals surface area contributed by atoms with Crippen LogP contribution < -0.4 is 10.6 Å². The molecule has 1 saturated carbocycles. The van der Waals surface area contributed by atoms with Crippen molar-refractivity contribution in [3.05, 3.63) is 0 Å². The number of carboxylic acids is 1. The third kappa shape index (κ3) is 3.81. The second-order valence-corrected chi connectivity index (χ2v) is 4.70. The fourth-order valence-corrected chi connectivity index (χ4v) is 1.59. The molecule has 1 fully saturated rings. The summed E-state index contributed by atoms with van der Waals surface area (Å²) in [4.78, 5) is 22.6. The maximum absolute atomic E-state index is 11.6. The van der Waals surface area contributed by atoms with Crippen LogP contribution in [-0.2, 0) is 9.59 Å². The van der Waals surface area contributed by atoms with Crippen LogP contribution >= 0.6 is 0 Å². The SMILES string of the molecule is CC(C)NC(=O)C(C)NC(C(=O)O)C1CC1. The van der Waals surface area contributed by atoms with Crippen molar-refractivity contribution in [1.29, 1.82) is 0 Å². The van der Waals surface area contributed by atoms with Crippen molar-refractivity contribution in [2.45, 2.75) is 51.7 Å². The maximum Gasteiger partial charge on any atom is 0.321 e. The molecule has 3 N–H and O–H groups in total. The quantitative estimate of drug-likeness (QED) is 0.613. The zero-order chi connectivity index (χ0) is 12.3. The molecule has 0 spiro atoms. The van der Waals surface area contributed by atoms with Crippen LogP contribution in [-0.4, -0.2) is 35.1 Å². The monoisotopic (exact) mass is 228 g/mol. The lowest BCUT2D eigenvalue weighted by Crippen LogP contribution is -2.51. The number of carboxylic acid groups (broad SMARTS) is 1. The van der Waals surface area contributed by atoms with E-state index in [2.05, 4.69) is 10.6 Å². The molecule has 0 aliphatic heterocycles. The number of nitrogens with one attached hydrogen (secondary N) is 2. The van der Waals surface area contributed by atoms with Crippen LogP contribution in [0.25, 0.3) is 0 Å². The Morgan fingerprint density at radius 3 is 2.19 bits per heavy atom. The van der Waals surface area contributed by atoms with E-state index in [1.165, 1.54) is 0 Å². The number of aliphatic carboxylic acids is 1. The van der Waals surface area contributed by atoms with Gasteiger partial charge in [0.25, 0.3) is 0 Å². The number of amides is 1. The maximum atomic E-state index is 11.6. The molecule has 16 heavy (non-hydrogen) atoms. The topological polar surface area (TPSA) is 78.4 Å². The number of rotatable bonds is 6. The van der Waals surface area contributed by atoms with Crippen molar-refractivity contribution < 1.29 is 14.7 Å². The largest absolute Gasteiger partial charge is 0.480 e. The summed E-state index contributed by atoms with van der Waals surface area (Å²) in [5.41, 5.74) is 0. The van der Waals surface area contributed by atoms with Gasteiger partial charge < -0.3 is 10.4 Å². The average Bonchev–Trinajstić information content (AvgIpc) is 2.95. The molecule has 2 atom stereocenters. The van der Waals surface area contributed by atoms with Gasteiger partial charge in [0.1, 0.15) is 6.04 Å². The fraction of sp³-hybridized carbons (Fsp3) is 0.818. The van der Waals surface area contributed by atoms with Crippen LogP contribution in [0.3, 0.4) is 0 Å². The van der Waals surface area contributed by atoms with Gasteiger partial charge in [0.05, 0.1) is 6.04 Å². The summed E-state index contributed by atoms with van der Waals surface area (Å²) in [7, 11) is 0. The molecule has 5 nitrogen and oxygen atoms in total. The first-order chi connectivity index (χ1) is 7.41. The average molecular weight is 228 g/mol. The highest BCUT2D eigenvalue weighted by molar-refractivity contribution is 5.83. The molecule has 0 radical (unpaired) electrons. The van der Waals surface area contributed by atoms with E-state index in [0.717, 1.165) is 12.8 Å². The van der Waals surface area contributed by atoms with Gasteiger partial charge in [0.15, 0.2) is 0 Å². The molecule has 0 aromatic carbocycles. The predicted octanol–water partition coefficient (Wildman–Crippen LogP) is 0.352. The van der Waals surface area contributed by atoms with Crippen molar-refractivity contribution in [2.24, 2.45) is 5.92 Å². The van der Waals surface area contributed by atoms with E-state index in [1.807, 2.05) is 13.8 Å². The molecular weight excluding hydrogens is 208 g/mol. The van der Waals surface area contributed by atoms with Crippen LogP contribution in [0.2, 0.25) is 0 Å². The highest BCUT2D eigenvalue weighted by Gasteiger charge is 2.37. The third-order valence-electron chi connectivity index (χ3n) is 2.61. The Balaban J connectivity index is 2.44. The molecule has 0 saturated heterocycles. The Labute approximate surface area is 95.6 Å². The van der Waals surface area contributed by atoms with Crippen molar-refractivity contribution in [1.82, 2.24) is 10.6 Å². The molecule has 0 bridgehead atoms. The lowest BCUT2D eigenvalue weighted by atomic mass is 10.1. The second kappa shape index (κ2) is 5.30. The van der Waals surface area contributed by atoms with E-state index in [9.17, 15) is 9.59 Å². The number of hydrogen-bond acceptors (Lipinski definition) is 3. The van der Waals surface area contributed by atoms with Gasteiger partial charge in [-0.15, -0.1) is 0 Å². The molecule has 1 aliphatic carbocycles. The molecule has 2 unspecified atom stereocenters. The van der Waals surface area contributed by atoms with Crippen LogP contribution in [0.1, 0.15) is 33.6 Å². The fourth-order valence-electron chi connectivity index (χ4n) is 1.59. The van der Waals surface area contributed by atoms with E-state index in [1.54, 1.807) is 6.92 Å². The van der Waals surface area contributed by atoms with Gasteiger partial charge in [-0.2, -0.15) is 0 Å². The molecule has 92 valence electrons. The molecule has 0 aromatic heterocycles. The van der Waals surface area contributed by atoms with Gasteiger partial charge in [-0.3, -0.25) is 14.9 Å². The Hall–Kier alpha value is -1.10. The van der Waals surface area contributed by atoms with E-state index in [0.29, 0.717) is 0 Å². The van der Waals surface area contributed by atoms with Gasteiger partial charge in [-0.1, -0.05) is 0 Å². The minimum Gasteiger partial charge on any atom is -0.480 e. The van der Waals surface area contributed by atoms with Crippen LogP contribution in [0, 0.1) is 5.92 Å². The Morgan fingerprint density at radius 1 is 1.25 bits per heavy atom. The van der Waals surface area contributed by atoms with E-state index in [-0.39, 0.29) is 17.9 Å². The third-order valence-corrected chi connectivity index (χ3v) is 2.61. The van der Waals surface area contributed by atoms with E-state index < -0.39 is 18.1 Å². The summed E-state index contributed by atoms with van der Waals surface area (Å²) in [5.74, 6) is -0.833. The first-order valence-corrected chi connectivity index (χ1v) is 5.71. The molecule has 0 aromatic rings. The summed E-state index contributed by atoms with van der Waals surface area (Å²) in [6.07, 6.45) is 1.87. The van der Waals surface area contributed by atoms with Gasteiger partial charge in [-0.05, 0) is 39.5 Å². The summed E-state index contributed by atoms with van der Waals surface area (Å²) >= 11 is 0. The molecule has 1 aliphatic rings. The zero-order valence-corrected chi connectivity index (χ0v) is 9.99. The van der Waals surface area contributed by atoms with Crippen LogP contribution in [0.5, 0.6) is 0 Å². The molecule has 1 rings (SSSR count). The Morgan fingerprint density at radius 2 is 1.81 bits per heavy atom. The van der Waals surface area contributed by atoms with Gasteiger partial charge in [0, 0.05) is 6.04 Å². The van der Waals surface area contributed by atoms with Gasteiger partial charge >= 0.3 is 5.97 Å². The van der Waals surface area contributed by atoms with Crippen molar-refractivity contribution >= 4 is 11.9 Å². The molecule has 1 amide bonds. The lowest BCUT2D eigenvalue weighted by molar-refractivity contribution is -0.140. The minimum atomic E-state index is -0.869. The second-order valence-electron chi connectivity index (χ2n) is 4.70. The van der Waals surface area contributed by atoms with Crippen LogP contribution in [0.4, 0.5) is 0 Å². The number of carbonyl (C=O) groups is 2. The van der Waals surface area contributed by atoms with Gasteiger partial charge in [0.2, 0.25) is 5.91 Å². The molecule has 5 heteroatoms. The first-order valence-electron chi connectivity index (χ1n) is 5.71. The van der Waals surface area contributed by atoms with Crippen molar-refractivity contribution in [3.8, 4) is 0 Å².